The minimum absolute atomic E-state index is 0.197. The van der Waals surface area contributed by atoms with Gasteiger partial charge in [0.05, 0.1) is 22.4 Å². The predicted molar refractivity (Wildman–Crippen MR) is 107 cm³/mol. The third-order valence-corrected chi connectivity index (χ3v) is 6.05. The van der Waals surface area contributed by atoms with E-state index in [1.807, 2.05) is 12.4 Å². The summed E-state index contributed by atoms with van der Waals surface area (Å²) in [5.74, 6) is -0.342. The van der Waals surface area contributed by atoms with Crippen molar-refractivity contribution in [3.8, 4) is 6.07 Å². The molecule has 2 saturated carbocycles. The maximum atomic E-state index is 12.7. The fourth-order valence-corrected chi connectivity index (χ4v) is 4.62. The minimum Gasteiger partial charge on any atom is -0.343 e. The van der Waals surface area contributed by atoms with Crippen LogP contribution in [0.3, 0.4) is 0 Å². The number of hydrogen-bond acceptors (Lipinski definition) is 4. The predicted octanol–water partition coefficient (Wildman–Crippen LogP) is 4.06. The Labute approximate surface area is 158 Å². The highest BCUT2D eigenvalue weighted by atomic mass is 16.1. The SMILES string of the molecule is N#Cc1c[nH]c(=O)c2c(C(C=N)C=NC3CCCC3)cn(C3CCCC3)c12. The Morgan fingerprint density at radius 2 is 1.96 bits per heavy atom. The van der Waals surface area contributed by atoms with Gasteiger partial charge in [-0.1, -0.05) is 25.7 Å². The van der Waals surface area contributed by atoms with Gasteiger partial charge < -0.3 is 15.0 Å². The largest absolute Gasteiger partial charge is 0.343 e. The van der Waals surface area contributed by atoms with Gasteiger partial charge in [0, 0.05) is 36.9 Å². The summed E-state index contributed by atoms with van der Waals surface area (Å²) in [6, 6.07) is 2.88. The van der Waals surface area contributed by atoms with Gasteiger partial charge in [0.15, 0.2) is 0 Å². The average Bonchev–Trinajstić information content (AvgIpc) is 3.43. The summed E-state index contributed by atoms with van der Waals surface area (Å²) < 4.78 is 2.12. The second-order valence-corrected chi connectivity index (χ2v) is 7.73. The zero-order valence-corrected chi connectivity index (χ0v) is 15.4. The third kappa shape index (κ3) is 3.23. The first kappa shape index (κ1) is 17.7. The van der Waals surface area contributed by atoms with Crippen molar-refractivity contribution in [3.63, 3.8) is 0 Å². The molecule has 6 heteroatoms. The number of aliphatic imine (C=N–C) groups is 1. The van der Waals surface area contributed by atoms with Crippen molar-refractivity contribution in [2.75, 3.05) is 0 Å². The molecule has 0 saturated heterocycles. The van der Waals surface area contributed by atoms with E-state index in [4.69, 9.17) is 10.4 Å². The van der Waals surface area contributed by atoms with Crippen LogP contribution in [-0.2, 0) is 0 Å². The van der Waals surface area contributed by atoms with Crippen molar-refractivity contribution in [2.24, 2.45) is 4.99 Å². The molecule has 4 rings (SSSR count). The highest BCUT2D eigenvalue weighted by molar-refractivity contribution is 5.98. The number of aromatic nitrogens is 2. The lowest BCUT2D eigenvalue weighted by molar-refractivity contribution is 0.534. The molecule has 0 aromatic carbocycles. The maximum Gasteiger partial charge on any atom is 0.257 e. The zero-order chi connectivity index (χ0) is 18.8. The van der Waals surface area contributed by atoms with E-state index in [0.717, 1.165) is 31.2 Å². The molecule has 2 fully saturated rings. The lowest BCUT2D eigenvalue weighted by Crippen LogP contribution is -2.11. The number of nitrogens with zero attached hydrogens (tertiary/aromatic N) is 3. The summed E-state index contributed by atoms with van der Waals surface area (Å²) in [4.78, 5) is 20.1. The molecule has 2 aliphatic rings. The molecule has 2 aromatic heterocycles. The van der Waals surface area contributed by atoms with E-state index in [1.54, 1.807) is 0 Å². The van der Waals surface area contributed by atoms with E-state index >= 15 is 0 Å². The Morgan fingerprint density at radius 1 is 1.26 bits per heavy atom. The number of pyridine rings is 1. The fraction of sp³-hybridized carbons (Fsp3) is 0.524. The van der Waals surface area contributed by atoms with Crippen molar-refractivity contribution < 1.29 is 0 Å². The van der Waals surface area contributed by atoms with Crippen molar-refractivity contribution in [2.45, 2.75) is 69.4 Å². The molecule has 2 N–H and O–H groups in total. The minimum atomic E-state index is -0.342. The first-order chi connectivity index (χ1) is 13.2. The molecule has 1 atom stereocenters. The molecule has 6 nitrogen and oxygen atoms in total. The number of nitriles is 1. The normalized spacial score (nSPS) is 19.8. The smallest absolute Gasteiger partial charge is 0.257 e. The Kier molecular flexibility index (Phi) is 4.93. The lowest BCUT2D eigenvalue weighted by atomic mass is 10.0. The van der Waals surface area contributed by atoms with Crippen LogP contribution in [0.25, 0.3) is 10.9 Å². The number of fused-ring (bicyclic) bond motifs is 1. The lowest BCUT2D eigenvalue weighted by Gasteiger charge is -2.13. The van der Waals surface area contributed by atoms with Gasteiger partial charge in [-0.25, -0.2) is 0 Å². The second-order valence-electron chi connectivity index (χ2n) is 7.73. The molecule has 140 valence electrons. The van der Waals surface area contributed by atoms with E-state index in [2.05, 4.69) is 15.6 Å². The molecule has 0 amide bonds. The highest BCUT2D eigenvalue weighted by Gasteiger charge is 2.26. The van der Waals surface area contributed by atoms with Crippen LogP contribution in [0.2, 0.25) is 0 Å². The molecule has 0 radical (unpaired) electrons. The molecule has 2 heterocycles. The fourth-order valence-electron chi connectivity index (χ4n) is 4.62. The van der Waals surface area contributed by atoms with Crippen LogP contribution in [0.1, 0.15) is 74.5 Å². The van der Waals surface area contributed by atoms with Crippen LogP contribution in [0.5, 0.6) is 0 Å². The van der Waals surface area contributed by atoms with Gasteiger partial charge in [-0.3, -0.25) is 9.79 Å². The highest BCUT2D eigenvalue weighted by Crippen LogP contribution is 2.36. The molecular weight excluding hydrogens is 338 g/mol. The van der Waals surface area contributed by atoms with E-state index in [-0.39, 0.29) is 11.5 Å². The quantitative estimate of drug-likeness (QED) is 0.783. The monoisotopic (exact) mass is 363 g/mol. The summed E-state index contributed by atoms with van der Waals surface area (Å²) in [5.41, 5.74) is 1.78. The van der Waals surface area contributed by atoms with Crippen LogP contribution in [0, 0.1) is 16.7 Å². The van der Waals surface area contributed by atoms with Gasteiger partial charge in [-0.2, -0.15) is 5.26 Å². The Bertz CT molecular complexity index is 965. The molecule has 0 bridgehead atoms. The van der Waals surface area contributed by atoms with E-state index in [9.17, 15) is 10.1 Å². The number of nitrogens with one attached hydrogen (secondary N) is 2. The number of hydrogen-bond donors (Lipinski definition) is 2. The molecule has 0 spiro atoms. The van der Waals surface area contributed by atoms with Crippen molar-refractivity contribution in [1.82, 2.24) is 9.55 Å². The van der Waals surface area contributed by atoms with Crippen LogP contribution in [0.15, 0.2) is 22.2 Å². The molecule has 1 unspecified atom stereocenters. The summed E-state index contributed by atoms with van der Waals surface area (Å²) in [6.07, 6.45) is 15.8. The van der Waals surface area contributed by atoms with Gasteiger partial charge in [-0.05, 0) is 31.2 Å². The van der Waals surface area contributed by atoms with Crippen molar-refractivity contribution in [3.05, 3.63) is 33.9 Å². The van der Waals surface area contributed by atoms with Crippen LogP contribution in [-0.4, -0.2) is 28.0 Å². The van der Waals surface area contributed by atoms with Crippen LogP contribution >= 0.6 is 0 Å². The summed E-state index contributed by atoms with van der Waals surface area (Å²) in [7, 11) is 0. The van der Waals surface area contributed by atoms with Gasteiger partial charge in [-0.15, -0.1) is 0 Å². The first-order valence-electron chi connectivity index (χ1n) is 9.93. The molecule has 0 aliphatic heterocycles. The van der Waals surface area contributed by atoms with Gasteiger partial charge in [0.1, 0.15) is 6.07 Å². The number of aromatic amines is 1. The second kappa shape index (κ2) is 7.51. The maximum absolute atomic E-state index is 12.7. The van der Waals surface area contributed by atoms with E-state index in [0.29, 0.717) is 28.6 Å². The molecule has 2 aliphatic carbocycles. The number of rotatable bonds is 5. The Morgan fingerprint density at radius 3 is 2.63 bits per heavy atom. The standard InChI is InChI=1S/C21H25N5O/c22-9-14(11-24-16-5-1-2-6-16)18-13-26(17-7-3-4-8-17)20-15(10-23)12-25-21(27)19(18)20/h9,11-14,16-17,22H,1-8H2,(H,25,27). The van der Waals surface area contributed by atoms with Crippen molar-refractivity contribution in [1.29, 1.82) is 10.7 Å². The van der Waals surface area contributed by atoms with Gasteiger partial charge in [0.2, 0.25) is 0 Å². The van der Waals surface area contributed by atoms with E-state index in [1.165, 1.54) is 38.1 Å². The van der Waals surface area contributed by atoms with Crippen molar-refractivity contribution >= 4 is 23.3 Å². The summed E-state index contributed by atoms with van der Waals surface area (Å²) in [6.45, 7) is 0. The molecular formula is C21H25N5O. The third-order valence-electron chi connectivity index (χ3n) is 6.05. The molecule has 2 aromatic rings. The Hall–Kier alpha value is -2.68. The number of H-pyrrole nitrogens is 1. The van der Waals surface area contributed by atoms with Crippen LogP contribution in [0.4, 0.5) is 0 Å². The summed E-state index contributed by atoms with van der Waals surface area (Å²) >= 11 is 0. The van der Waals surface area contributed by atoms with Gasteiger partial charge in [0.25, 0.3) is 5.56 Å². The first-order valence-corrected chi connectivity index (χ1v) is 9.93. The van der Waals surface area contributed by atoms with Gasteiger partial charge >= 0.3 is 0 Å². The average molecular weight is 363 g/mol. The Balaban J connectivity index is 1.85. The van der Waals surface area contributed by atoms with Crippen LogP contribution < -0.4 is 5.56 Å². The molecule has 27 heavy (non-hydrogen) atoms. The zero-order valence-electron chi connectivity index (χ0n) is 15.4. The summed E-state index contributed by atoms with van der Waals surface area (Å²) in [5, 5.41) is 18.1. The topological polar surface area (TPSA) is 97.8 Å². The van der Waals surface area contributed by atoms with E-state index < -0.39 is 0 Å².